The number of urea groups is 1. The molecule has 2 aromatic carbocycles. The second-order valence-electron chi connectivity index (χ2n) is 6.63. The Morgan fingerprint density at radius 2 is 1.83 bits per heavy atom. The highest BCUT2D eigenvalue weighted by Crippen LogP contribution is 2.36. The zero-order chi connectivity index (χ0) is 22.0. The minimum atomic E-state index is -1.04. The number of hydrogen-bond donors (Lipinski definition) is 2. The Morgan fingerprint density at radius 3 is 2.40 bits per heavy atom. The number of amides is 2. The lowest BCUT2D eigenvalue weighted by molar-refractivity contribution is -0.136. The third kappa shape index (κ3) is 4.27. The first-order valence-corrected chi connectivity index (χ1v) is 9.62. The van der Waals surface area contributed by atoms with Gasteiger partial charge in [-0.15, -0.1) is 0 Å². The van der Waals surface area contributed by atoms with Gasteiger partial charge in [0.15, 0.2) is 0 Å². The molecule has 1 unspecified atom stereocenters. The van der Waals surface area contributed by atoms with E-state index in [9.17, 15) is 14.4 Å². The zero-order valence-electron chi connectivity index (χ0n) is 16.1. The Balaban J connectivity index is 2.01. The number of aromatic carboxylic acids is 1. The summed E-state index contributed by atoms with van der Waals surface area (Å²) in [6, 6.07) is 9.70. The zero-order valence-corrected chi connectivity index (χ0v) is 17.6. The number of carbonyl (C=O) groups excluding carboxylic acids is 2. The fourth-order valence-corrected chi connectivity index (χ4v) is 3.77. The number of nitrogens with one attached hydrogen (secondary N) is 1. The maximum absolute atomic E-state index is 12.9. The summed E-state index contributed by atoms with van der Waals surface area (Å²) in [6.07, 6.45) is 0. The third-order valence-electron chi connectivity index (χ3n) is 4.82. The van der Waals surface area contributed by atoms with Crippen LogP contribution in [-0.4, -0.2) is 35.1 Å². The highest BCUT2D eigenvalue weighted by molar-refractivity contribution is 6.35. The van der Waals surface area contributed by atoms with E-state index >= 15 is 0 Å². The van der Waals surface area contributed by atoms with Crippen molar-refractivity contribution in [3.8, 4) is 0 Å². The normalized spacial score (nSPS) is 16.3. The molecule has 0 radical (unpaired) electrons. The molecule has 0 saturated carbocycles. The van der Waals surface area contributed by atoms with Crippen molar-refractivity contribution in [3.63, 3.8) is 0 Å². The van der Waals surface area contributed by atoms with E-state index in [1.165, 1.54) is 30.2 Å². The van der Waals surface area contributed by atoms with Crippen molar-refractivity contribution in [2.24, 2.45) is 0 Å². The number of ether oxygens (including phenoxy) is 1. The second-order valence-corrected chi connectivity index (χ2v) is 7.47. The largest absolute Gasteiger partial charge is 0.478 e. The Bertz CT molecular complexity index is 1050. The van der Waals surface area contributed by atoms with Crippen molar-refractivity contribution in [2.45, 2.75) is 19.5 Å². The topological polar surface area (TPSA) is 95.9 Å². The highest BCUT2D eigenvalue weighted by Gasteiger charge is 2.37. The average molecular weight is 449 g/mol. The van der Waals surface area contributed by atoms with Crippen LogP contribution in [0.3, 0.4) is 0 Å². The van der Waals surface area contributed by atoms with E-state index in [0.29, 0.717) is 26.9 Å². The highest BCUT2D eigenvalue weighted by atomic mass is 35.5. The summed E-state index contributed by atoms with van der Waals surface area (Å²) < 4.78 is 4.94. The molecule has 0 fully saturated rings. The number of methoxy groups -OCH3 is 1. The number of nitrogens with zero attached hydrogens (tertiary/aromatic N) is 1. The van der Waals surface area contributed by atoms with Gasteiger partial charge >= 0.3 is 18.0 Å². The van der Waals surface area contributed by atoms with Crippen LogP contribution in [0, 0.1) is 0 Å². The van der Waals surface area contributed by atoms with Gasteiger partial charge in [-0.1, -0.05) is 41.4 Å². The van der Waals surface area contributed by atoms with Crippen LogP contribution >= 0.6 is 23.2 Å². The molecule has 1 aliphatic rings. The van der Waals surface area contributed by atoms with Crippen molar-refractivity contribution in [2.75, 3.05) is 7.11 Å². The molecule has 1 aliphatic heterocycles. The molecule has 1 atom stereocenters. The Hall–Kier alpha value is -3.03. The number of rotatable bonds is 5. The van der Waals surface area contributed by atoms with Crippen molar-refractivity contribution >= 4 is 41.2 Å². The van der Waals surface area contributed by atoms with Crippen molar-refractivity contribution in [1.82, 2.24) is 10.2 Å². The third-order valence-corrected chi connectivity index (χ3v) is 5.38. The molecular weight excluding hydrogens is 431 g/mol. The van der Waals surface area contributed by atoms with Crippen LogP contribution in [0.1, 0.15) is 34.5 Å². The predicted octanol–water partition coefficient (Wildman–Crippen LogP) is 4.41. The maximum Gasteiger partial charge on any atom is 0.337 e. The first kappa shape index (κ1) is 21.7. The van der Waals surface area contributed by atoms with Crippen molar-refractivity contribution < 1.29 is 24.2 Å². The van der Waals surface area contributed by atoms with E-state index in [0.717, 1.165) is 0 Å². The first-order chi connectivity index (χ1) is 14.2. The Labute approximate surface area is 182 Å². The minimum Gasteiger partial charge on any atom is -0.478 e. The van der Waals surface area contributed by atoms with Gasteiger partial charge < -0.3 is 15.2 Å². The van der Waals surface area contributed by atoms with Gasteiger partial charge in [-0.05, 0) is 42.3 Å². The van der Waals surface area contributed by atoms with Crippen LogP contribution in [-0.2, 0) is 16.1 Å². The number of halogens is 2. The minimum absolute atomic E-state index is 0.138. The summed E-state index contributed by atoms with van der Waals surface area (Å²) in [6.45, 7) is 1.78. The van der Waals surface area contributed by atoms with Gasteiger partial charge in [0, 0.05) is 15.7 Å². The number of benzene rings is 2. The molecule has 2 aromatic rings. The smallest absolute Gasteiger partial charge is 0.337 e. The van der Waals surface area contributed by atoms with Crippen LogP contribution in [0.15, 0.2) is 53.7 Å². The van der Waals surface area contributed by atoms with Crippen LogP contribution < -0.4 is 5.32 Å². The predicted molar refractivity (Wildman–Crippen MR) is 111 cm³/mol. The standard InChI is InChI=1S/C21H18Cl2N2O5/c1-11-17(20(28)30-2)18(15-8-7-14(22)9-16(15)23)24-21(29)25(11)10-12-3-5-13(6-4-12)19(26)27/h3-9,18H,10H2,1-2H3,(H,24,29)(H,26,27). The van der Waals surface area contributed by atoms with Gasteiger partial charge in [0.05, 0.1) is 30.8 Å². The molecule has 0 bridgehead atoms. The van der Waals surface area contributed by atoms with Gasteiger partial charge in [-0.3, -0.25) is 4.90 Å². The van der Waals surface area contributed by atoms with Crippen LogP contribution in [0.4, 0.5) is 4.79 Å². The molecule has 156 valence electrons. The summed E-state index contributed by atoms with van der Waals surface area (Å²) in [5.74, 6) is -1.64. The van der Waals surface area contributed by atoms with E-state index in [1.54, 1.807) is 31.2 Å². The molecule has 7 nitrogen and oxygen atoms in total. The summed E-state index contributed by atoms with van der Waals surface area (Å²) in [5.41, 5.74) is 2.00. The van der Waals surface area contributed by atoms with E-state index < -0.39 is 24.0 Å². The van der Waals surface area contributed by atoms with Gasteiger partial charge in [0.2, 0.25) is 0 Å². The molecule has 0 spiro atoms. The summed E-state index contributed by atoms with van der Waals surface area (Å²) in [4.78, 5) is 37.9. The summed E-state index contributed by atoms with van der Waals surface area (Å²) in [7, 11) is 1.26. The fourth-order valence-electron chi connectivity index (χ4n) is 3.25. The Kier molecular flexibility index (Phi) is 6.34. The fraction of sp³-hybridized carbons (Fsp3) is 0.190. The Morgan fingerprint density at radius 1 is 1.17 bits per heavy atom. The second kappa shape index (κ2) is 8.77. The number of carbonyl (C=O) groups is 3. The van der Waals surface area contributed by atoms with E-state index in [-0.39, 0.29) is 17.7 Å². The number of hydrogen-bond acceptors (Lipinski definition) is 4. The lowest BCUT2D eigenvalue weighted by Gasteiger charge is -2.35. The average Bonchev–Trinajstić information content (AvgIpc) is 2.70. The molecule has 2 N–H and O–H groups in total. The monoisotopic (exact) mass is 448 g/mol. The lowest BCUT2D eigenvalue weighted by Crippen LogP contribution is -2.47. The molecule has 0 aliphatic carbocycles. The number of carboxylic acid groups (broad SMARTS) is 1. The van der Waals surface area contributed by atoms with Gasteiger partial charge in [-0.2, -0.15) is 0 Å². The van der Waals surface area contributed by atoms with Gasteiger partial charge in [0.25, 0.3) is 0 Å². The number of carboxylic acids is 1. The molecule has 0 saturated heterocycles. The van der Waals surface area contributed by atoms with Gasteiger partial charge in [-0.25, -0.2) is 14.4 Å². The summed E-state index contributed by atoms with van der Waals surface area (Å²) in [5, 5.41) is 12.6. The SMILES string of the molecule is COC(=O)C1=C(C)N(Cc2ccc(C(=O)O)cc2)C(=O)NC1c1ccc(Cl)cc1Cl. The van der Waals surface area contributed by atoms with Crippen LogP contribution in [0.5, 0.6) is 0 Å². The van der Waals surface area contributed by atoms with E-state index in [1.807, 2.05) is 0 Å². The molecule has 9 heteroatoms. The molecule has 3 rings (SSSR count). The van der Waals surface area contributed by atoms with Crippen molar-refractivity contribution in [3.05, 3.63) is 80.5 Å². The molecule has 1 heterocycles. The van der Waals surface area contributed by atoms with Crippen molar-refractivity contribution in [1.29, 1.82) is 0 Å². The van der Waals surface area contributed by atoms with E-state index in [2.05, 4.69) is 5.32 Å². The quantitative estimate of drug-likeness (QED) is 0.660. The first-order valence-electron chi connectivity index (χ1n) is 8.87. The van der Waals surface area contributed by atoms with Gasteiger partial charge in [0.1, 0.15) is 0 Å². The molecule has 2 amide bonds. The molecule has 30 heavy (non-hydrogen) atoms. The number of esters is 1. The number of allylic oxidation sites excluding steroid dienone is 1. The van der Waals surface area contributed by atoms with Crippen LogP contribution in [0.25, 0.3) is 0 Å². The molecule has 0 aromatic heterocycles. The molecular formula is C21H18Cl2N2O5. The lowest BCUT2D eigenvalue weighted by atomic mass is 9.94. The summed E-state index contributed by atoms with van der Waals surface area (Å²) >= 11 is 12.3. The maximum atomic E-state index is 12.9. The van der Waals surface area contributed by atoms with Crippen LogP contribution in [0.2, 0.25) is 10.0 Å². The van der Waals surface area contributed by atoms with E-state index in [4.69, 9.17) is 33.0 Å².